The van der Waals surface area contributed by atoms with Crippen LogP contribution in [-0.2, 0) is 21.2 Å². The van der Waals surface area contributed by atoms with Gasteiger partial charge in [-0.2, -0.15) is 4.31 Å². The Kier molecular flexibility index (Phi) is 4.37. The van der Waals surface area contributed by atoms with E-state index in [-0.39, 0.29) is 23.9 Å². The van der Waals surface area contributed by atoms with Gasteiger partial charge in [0, 0.05) is 45.0 Å². The third-order valence-corrected chi connectivity index (χ3v) is 6.63. The van der Waals surface area contributed by atoms with E-state index in [1.165, 1.54) is 22.8 Å². The average molecular weight is 373 g/mol. The van der Waals surface area contributed by atoms with E-state index >= 15 is 0 Å². The number of nitrogens with zero attached hydrogens (tertiary/aromatic N) is 3. The number of benzene rings is 1. The van der Waals surface area contributed by atoms with Crippen LogP contribution in [0.4, 0.5) is 0 Å². The molecule has 3 heterocycles. The Balaban J connectivity index is 1.39. The highest BCUT2D eigenvalue weighted by Crippen LogP contribution is 2.29. The number of pyridine rings is 1. The van der Waals surface area contributed by atoms with Crippen molar-refractivity contribution < 1.29 is 17.9 Å². The van der Waals surface area contributed by atoms with Crippen molar-refractivity contribution in [2.24, 2.45) is 0 Å². The number of aromatic nitrogens is 1. The maximum absolute atomic E-state index is 12.7. The number of carbonyl (C=O) groups excluding carboxylic acids is 1. The molecule has 0 radical (unpaired) electrons. The summed E-state index contributed by atoms with van der Waals surface area (Å²) >= 11 is 0. The Bertz CT molecular complexity index is 884. The summed E-state index contributed by atoms with van der Waals surface area (Å²) in [6.45, 7) is 1.24. The lowest BCUT2D eigenvalue weighted by atomic mass is 10.1. The number of carbonyl (C=O) groups is 1. The summed E-state index contributed by atoms with van der Waals surface area (Å²) in [4.78, 5) is 18.5. The van der Waals surface area contributed by atoms with Crippen molar-refractivity contribution in [3.05, 3.63) is 54.4 Å². The molecule has 0 aliphatic carbocycles. The van der Waals surface area contributed by atoms with Gasteiger partial charge in [0.05, 0.1) is 0 Å². The smallest absolute Gasteiger partial charge is 0.264 e. The second-order valence-electron chi connectivity index (χ2n) is 6.34. The van der Waals surface area contributed by atoms with Gasteiger partial charge >= 0.3 is 0 Å². The number of hydrogen-bond donors (Lipinski definition) is 0. The van der Waals surface area contributed by atoms with Crippen LogP contribution < -0.4 is 4.74 Å². The molecule has 1 fully saturated rings. The summed E-state index contributed by atoms with van der Waals surface area (Å²) in [7, 11) is -3.57. The highest BCUT2D eigenvalue weighted by Gasteiger charge is 2.35. The molecule has 0 N–H and O–H groups in total. The second-order valence-corrected chi connectivity index (χ2v) is 8.27. The molecule has 4 rings (SSSR count). The average Bonchev–Trinajstić information content (AvgIpc) is 3.12. The predicted molar refractivity (Wildman–Crippen MR) is 94.1 cm³/mol. The molecule has 0 spiro atoms. The number of rotatable bonds is 3. The van der Waals surface area contributed by atoms with Gasteiger partial charge in [-0.25, -0.2) is 8.42 Å². The first-order valence-corrected chi connectivity index (χ1v) is 9.93. The van der Waals surface area contributed by atoms with E-state index in [0.29, 0.717) is 19.5 Å². The fraction of sp³-hybridized carbons (Fsp3) is 0.333. The molecule has 0 saturated carbocycles. The fourth-order valence-electron chi connectivity index (χ4n) is 3.32. The highest BCUT2D eigenvalue weighted by atomic mass is 32.2. The maximum Gasteiger partial charge on any atom is 0.264 e. The molecular weight excluding hydrogens is 354 g/mol. The van der Waals surface area contributed by atoms with Crippen LogP contribution in [0.15, 0.2) is 53.7 Å². The minimum atomic E-state index is -3.57. The number of piperazine rings is 1. The Morgan fingerprint density at radius 3 is 2.54 bits per heavy atom. The molecule has 1 aromatic heterocycles. The van der Waals surface area contributed by atoms with E-state index in [1.54, 1.807) is 11.0 Å². The first-order valence-electron chi connectivity index (χ1n) is 8.49. The first kappa shape index (κ1) is 17.0. The van der Waals surface area contributed by atoms with Gasteiger partial charge in [0.15, 0.2) is 6.10 Å². The minimum Gasteiger partial charge on any atom is -0.480 e. The molecule has 8 heteroatoms. The summed E-state index contributed by atoms with van der Waals surface area (Å²) in [5.41, 5.74) is 1.03. The van der Waals surface area contributed by atoms with E-state index in [4.69, 9.17) is 4.74 Å². The largest absolute Gasteiger partial charge is 0.480 e. The van der Waals surface area contributed by atoms with Gasteiger partial charge in [0.2, 0.25) is 10.0 Å². The van der Waals surface area contributed by atoms with Crippen molar-refractivity contribution in [3.8, 4) is 5.75 Å². The van der Waals surface area contributed by atoms with Crippen molar-refractivity contribution in [3.63, 3.8) is 0 Å². The Morgan fingerprint density at radius 1 is 1.08 bits per heavy atom. The summed E-state index contributed by atoms with van der Waals surface area (Å²) in [5, 5.41) is 0. The quantitative estimate of drug-likeness (QED) is 0.799. The molecule has 136 valence electrons. The number of hydrogen-bond acceptors (Lipinski definition) is 5. The highest BCUT2D eigenvalue weighted by molar-refractivity contribution is 7.89. The molecule has 2 aromatic rings. The van der Waals surface area contributed by atoms with E-state index < -0.39 is 16.1 Å². The standard InChI is InChI=1S/C18H19N3O4S/c22-18(17-12-14-4-1-2-6-16(14)25-17)20-8-10-21(11-9-20)26(23,24)15-5-3-7-19-13-15/h1-7,13,17H,8-12H2/t17-/m0/s1. The zero-order valence-corrected chi connectivity index (χ0v) is 14.9. The zero-order chi connectivity index (χ0) is 18.1. The number of amides is 1. The Labute approximate surface area is 152 Å². The van der Waals surface area contributed by atoms with Crippen LogP contribution in [0, 0.1) is 0 Å². The molecule has 26 heavy (non-hydrogen) atoms. The number of sulfonamides is 1. The van der Waals surface area contributed by atoms with Gasteiger partial charge in [0.25, 0.3) is 5.91 Å². The van der Waals surface area contributed by atoms with Gasteiger partial charge < -0.3 is 9.64 Å². The van der Waals surface area contributed by atoms with Gasteiger partial charge in [-0.05, 0) is 23.8 Å². The van der Waals surface area contributed by atoms with Crippen LogP contribution in [0.1, 0.15) is 5.56 Å². The third kappa shape index (κ3) is 3.06. The van der Waals surface area contributed by atoms with Crippen molar-refractivity contribution in [1.82, 2.24) is 14.2 Å². The molecule has 7 nitrogen and oxygen atoms in total. The van der Waals surface area contributed by atoms with Crippen molar-refractivity contribution >= 4 is 15.9 Å². The van der Waals surface area contributed by atoms with Crippen LogP contribution in [-0.4, -0.2) is 60.8 Å². The zero-order valence-electron chi connectivity index (χ0n) is 14.1. The Hall–Kier alpha value is -2.45. The van der Waals surface area contributed by atoms with Crippen LogP contribution in [0.25, 0.3) is 0 Å². The number of fused-ring (bicyclic) bond motifs is 1. The minimum absolute atomic E-state index is 0.0837. The molecule has 1 amide bonds. The number of ether oxygens (including phenoxy) is 1. The number of para-hydroxylation sites is 1. The second kappa shape index (κ2) is 6.69. The first-order chi connectivity index (χ1) is 12.6. The van der Waals surface area contributed by atoms with E-state index in [2.05, 4.69) is 4.98 Å². The lowest BCUT2D eigenvalue weighted by molar-refractivity contribution is -0.139. The lowest BCUT2D eigenvalue weighted by Gasteiger charge is -2.34. The molecule has 2 aliphatic heterocycles. The molecule has 1 atom stereocenters. The van der Waals surface area contributed by atoms with E-state index in [1.807, 2.05) is 24.3 Å². The summed E-state index contributed by atoms with van der Waals surface area (Å²) in [6, 6.07) is 10.8. The van der Waals surface area contributed by atoms with Crippen LogP contribution in [0.2, 0.25) is 0 Å². The van der Waals surface area contributed by atoms with Crippen LogP contribution in [0.3, 0.4) is 0 Å². The third-order valence-electron chi connectivity index (χ3n) is 4.75. The molecule has 0 unspecified atom stereocenters. The maximum atomic E-state index is 12.7. The molecule has 0 bridgehead atoms. The van der Waals surface area contributed by atoms with Gasteiger partial charge in [-0.15, -0.1) is 0 Å². The van der Waals surface area contributed by atoms with Gasteiger partial charge in [-0.3, -0.25) is 9.78 Å². The molecule has 2 aliphatic rings. The topological polar surface area (TPSA) is 79.8 Å². The summed E-state index contributed by atoms with van der Waals surface area (Å²) < 4.78 is 32.4. The molecule has 1 aromatic carbocycles. The predicted octanol–water partition coefficient (Wildman–Crippen LogP) is 0.918. The Morgan fingerprint density at radius 2 is 1.85 bits per heavy atom. The van der Waals surface area contributed by atoms with E-state index in [0.717, 1.165) is 11.3 Å². The molecule has 1 saturated heterocycles. The monoisotopic (exact) mass is 373 g/mol. The summed E-state index contributed by atoms with van der Waals surface area (Å²) in [6.07, 6.45) is 2.92. The summed E-state index contributed by atoms with van der Waals surface area (Å²) in [5.74, 6) is 0.670. The SMILES string of the molecule is O=C([C@@H]1Cc2ccccc2O1)N1CCN(S(=O)(=O)c2cccnc2)CC1. The van der Waals surface area contributed by atoms with Gasteiger partial charge in [0.1, 0.15) is 10.6 Å². The van der Waals surface area contributed by atoms with Crippen molar-refractivity contribution in [1.29, 1.82) is 0 Å². The lowest BCUT2D eigenvalue weighted by Crippen LogP contribution is -2.53. The normalized spacial score (nSPS) is 20.5. The van der Waals surface area contributed by atoms with Gasteiger partial charge in [-0.1, -0.05) is 18.2 Å². The van der Waals surface area contributed by atoms with Crippen molar-refractivity contribution in [2.45, 2.75) is 17.4 Å². The fourth-order valence-corrected chi connectivity index (χ4v) is 4.71. The molecular formula is C18H19N3O4S. The van der Waals surface area contributed by atoms with Crippen molar-refractivity contribution in [2.75, 3.05) is 26.2 Å². The van der Waals surface area contributed by atoms with E-state index in [9.17, 15) is 13.2 Å². The van der Waals surface area contributed by atoms with Crippen LogP contribution >= 0.6 is 0 Å². The van der Waals surface area contributed by atoms with Crippen LogP contribution in [0.5, 0.6) is 5.75 Å².